The van der Waals surface area contributed by atoms with Gasteiger partial charge in [-0.2, -0.15) is 4.98 Å². The number of benzene rings is 2. The van der Waals surface area contributed by atoms with Crippen molar-refractivity contribution in [3.05, 3.63) is 76.8 Å². The van der Waals surface area contributed by atoms with E-state index in [1.54, 1.807) is 7.11 Å². The van der Waals surface area contributed by atoms with Crippen LogP contribution in [0.2, 0.25) is 0 Å². The average molecular weight is 449 g/mol. The zero-order valence-corrected chi connectivity index (χ0v) is 19.7. The number of allylic oxidation sites excluding steroid dienone is 1. The van der Waals surface area contributed by atoms with Crippen molar-refractivity contribution in [2.24, 2.45) is 0 Å². The Kier molecular flexibility index (Phi) is 6.67. The van der Waals surface area contributed by atoms with Crippen molar-refractivity contribution < 1.29 is 9.26 Å². The number of hydrogen-bond donors (Lipinski definition) is 1. The van der Waals surface area contributed by atoms with E-state index in [4.69, 9.17) is 26.5 Å². The van der Waals surface area contributed by atoms with Crippen LogP contribution in [0.5, 0.6) is 0 Å². The molecule has 0 fully saturated rings. The van der Waals surface area contributed by atoms with Crippen LogP contribution in [-0.4, -0.2) is 40.4 Å². The second-order valence-electron chi connectivity index (χ2n) is 8.08. The van der Waals surface area contributed by atoms with Crippen molar-refractivity contribution in [2.75, 3.05) is 20.3 Å². The van der Waals surface area contributed by atoms with Crippen molar-refractivity contribution >= 4 is 22.9 Å². The minimum absolute atomic E-state index is 0.173. The molecule has 7 heteroatoms. The molecule has 166 valence electrons. The summed E-state index contributed by atoms with van der Waals surface area (Å²) in [6.45, 7) is 7.61. The van der Waals surface area contributed by atoms with E-state index in [-0.39, 0.29) is 6.04 Å². The van der Waals surface area contributed by atoms with Crippen molar-refractivity contribution in [3.63, 3.8) is 0 Å². The quantitative estimate of drug-likeness (QED) is 0.401. The highest BCUT2D eigenvalue weighted by molar-refractivity contribution is 7.80. The Morgan fingerprint density at radius 2 is 1.69 bits per heavy atom. The lowest BCUT2D eigenvalue weighted by molar-refractivity contribution is 0.188. The molecular weight excluding hydrogens is 420 g/mol. The molecule has 0 radical (unpaired) electrons. The first kappa shape index (κ1) is 22.2. The predicted octanol–water partition coefficient (Wildman–Crippen LogP) is 5.05. The van der Waals surface area contributed by atoms with Gasteiger partial charge < -0.3 is 19.5 Å². The molecule has 1 unspecified atom stereocenters. The van der Waals surface area contributed by atoms with E-state index in [1.165, 1.54) is 11.1 Å². The van der Waals surface area contributed by atoms with E-state index in [1.807, 2.05) is 24.3 Å². The Hall–Kier alpha value is -3.03. The molecule has 2 aromatic carbocycles. The Morgan fingerprint density at radius 3 is 2.34 bits per heavy atom. The number of hydrogen-bond acceptors (Lipinski definition) is 5. The lowest BCUT2D eigenvalue weighted by Gasteiger charge is -2.37. The van der Waals surface area contributed by atoms with Gasteiger partial charge in [-0.15, -0.1) is 0 Å². The fourth-order valence-electron chi connectivity index (χ4n) is 3.86. The summed E-state index contributed by atoms with van der Waals surface area (Å²) in [5.74, 6) is 1.07. The summed E-state index contributed by atoms with van der Waals surface area (Å²) in [4.78, 5) is 6.85. The minimum Gasteiger partial charge on any atom is -0.385 e. The summed E-state index contributed by atoms with van der Waals surface area (Å²) in [5.41, 5.74) is 6.35. The molecule has 32 heavy (non-hydrogen) atoms. The lowest BCUT2D eigenvalue weighted by atomic mass is 9.94. The van der Waals surface area contributed by atoms with Gasteiger partial charge in [0.2, 0.25) is 5.82 Å². The number of aromatic nitrogens is 2. The SMILES string of the molecule is COCCCN1C(=S)NC(c2ccc(C)cc2)C(c2nc(-c3ccc(C)cc3)no2)=C1C. The first-order valence-corrected chi connectivity index (χ1v) is 11.1. The largest absolute Gasteiger partial charge is 0.385 e. The molecule has 1 aromatic heterocycles. The third kappa shape index (κ3) is 4.59. The third-order valence-corrected chi connectivity index (χ3v) is 6.04. The van der Waals surface area contributed by atoms with Gasteiger partial charge in [0.1, 0.15) is 0 Å². The third-order valence-electron chi connectivity index (χ3n) is 5.70. The maximum Gasteiger partial charge on any atom is 0.258 e. The molecule has 0 saturated carbocycles. The average Bonchev–Trinajstić information content (AvgIpc) is 3.26. The molecule has 0 saturated heterocycles. The highest BCUT2D eigenvalue weighted by Gasteiger charge is 2.33. The maximum absolute atomic E-state index is 5.79. The molecule has 2 heterocycles. The van der Waals surface area contributed by atoms with Gasteiger partial charge in [0.15, 0.2) is 5.11 Å². The standard InChI is InChI=1S/C25H28N4O2S/c1-16-6-10-19(11-7-16)22-21(18(3)29(25(32)26-22)14-5-15-30-4)24-27-23(28-31-24)20-12-8-17(2)9-13-20/h6-13,22H,5,14-15H2,1-4H3,(H,26,32). The predicted molar refractivity (Wildman–Crippen MR) is 130 cm³/mol. The molecule has 1 atom stereocenters. The van der Waals surface area contributed by atoms with Gasteiger partial charge in [-0.1, -0.05) is 64.8 Å². The topological polar surface area (TPSA) is 63.4 Å². The Bertz CT molecular complexity index is 1120. The van der Waals surface area contributed by atoms with E-state index in [2.05, 4.69) is 60.4 Å². The normalized spacial score (nSPS) is 16.4. The van der Waals surface area contributed by atoms with Crippen LogP contribution >= 0.6 is 12.2 Å². The first-order valence-electron chi connectivity index (χ1n) is 10.7. The number of nitrogens with one attached hydrogen (secondary N) is 1. The maximum atomic E-state index is 5.79. The molecule has 0 bridgehead atoms. The van der Waals surface area contributed by atoms with Crippen LogP contribution in [0.25, 0.3) is 17.0 Å². The minimum atomic E-state index is -0.173. The second-order valence-corrected chi connectivity index (χ2v) is 8.47. The van der Waals surface area contributed by atoms with Crippen LogP contribution in [0.15, 0.2) is 58.8 Å². The number of methoxy groups -OCH3 is 1. The van der Waals surface area contributed by atoms with Crippen molar-refractivity contribution in [3.8, 4) is 11.4 Å². The molecule has 0 spiro atoms. The van der Waals surface area contributed by atoms with Crippen molar-refractivity contribution in [2.45, 2.75) is 33.2 Å². The van der Waals surface area contributed by atoms with Gasteiger partial charge in [0.05, 0.1) is 11.6 Å². The van der Waals surface area contributed by atoms with Crippen molar-refractivity contribution in [1.82, 2.24) is 20.4 Å². The fraction of sp³-hybridized carbons (Fsp3) is 0.320. The molecule has 4 rings (SSSR count). The number of rotatable bonds is 7. The Morgan fingerprint density at radius 1 is 1.03 bits per heavy atom. The van der Waals surface area contributed by atoms with Gasteiger partial charge in [0, 0.05) is 31.5 Å². The summed E-state index contributed by atoms with van der Waals surface area (Å²) in [6.07, 6.45) is 0.858. The van der Waals surface area contributed by atoms with Crippen LogP contribution in [0, 0.1) is 13.8 Å². The summed E-state index contributed by atoms with van der Waals surface area (Å²) in [5, 5.41) is 8.45. The number of thiocarbonyl (C=S) groups is 1. The zero-order chi connectivity index (χ0) is 22.7. The Labute approximate surface area is 194 Å². The summed E-state index contributed by atoms with van der Waals surface area (Å²) in [7, 11) is 1.71. The summed E-state index contributed by atoms with van der Waals surface area (Å²) >= 11 is 5.73. The van der Waals surface area contributed by atoms with Crippen LogP contribution in [-0.2, 0) is 4.74 Å². The molecule has 3 aromatic rings. The van der Waals surface area contributed by atoms with Crippen LogP contribution in [0.3, 0.4) is 0 Å². The molecule has 1 N–H and O–H groups in total. The van der Waals surface area contributed by atoms with E-state index < -0.39 is 0 Å². The van der Waals surface area contributed by atoms with Crippen LogP contribution in [0.1, 0.15) is 42.0 Å². The molecule has 1 aliphatic rings. The number of ether oxygens (including phenoxy) is 1. The number of nitrogens with zero attached hydrogens (tertiary/aromatic N) is 3. The fourth-order valence-corrected chi connectivity index (χ4v) is 4.20. The molecule has 6 nitrogen and oxygen atoms in total. The lowest BCUT2D eigenvalue weighted by Crippen LogP contribution is -2.46. The Balaban J connectivity index is 1.76. The summed E-state index contributed by atoms with van der Waals surface area (Å²) < 4.78 is 11.0. The molecule has 1 aliphatic heterocycles. The van der Waals surface area contributed by atoms with E-state index in [9.17, 15) is 0 Å². The molecular formula is C25H28N4O2S. The smallest absolute Gasteiger partial charge is 0.258 e. The zero-order valence-electron chi connectivity index (χ0n) is 18.9. The van der Waals surface area contributed by atoms with Crippen LogP contribution < -0.4 is 5.32 Å². The van der Waals surface area contributed by atoms with Gasteiger partial charge >= 0.3 is 0 Å². The number of aryl methyl sites for hydroxylation is 2. The first-order chi connectivity index (χ1) is 15.5. The monoisotopic (exact) mass is 448 g/mol. The van der Waals surface area contributed by atoms with E-state index >= 15 is 0 Å². The summed E-state index contributed by atoms with van der Waals surface area (Å²) in [6, 6.07) is 16.4. The molecule has 0 aliphatic carbocycles. The van der Waals surface area contributed by atoms with Crippen molar-refractivity contribution in [1.29, 1.82) is 0 Å². The van der Waals surface area contributed by atoms with Gasteiger partial charge in [0.25, 0.3) is 5.89 Å². The van der Waals surface area contributed by atoms with Gasteiger partial charge in [-0.25, -0.2) is 0 Å². The molecule has 0 amide bonds. The van der Waals surface area contributed by atoms with E-state index in [0.29, 0.717) is 23.4 Å². The second kappa shape index (κ2) is 9.63. The van der Waals surface area contributed by atoms with Crippen LogP contribution in [0.4, 0.5) is 0 Å². The highest BCUT2D eigenvalue weighted by atomic mass is 32.1. The van der Waals surface area contributed by atoms with Gasteiger partial charge in [-0.05, 0) is 45.0 Å². The van der Waals surface area contributed by atoms with Gasteiger partial charge in [-0.3, -0.25) is 0 Å². The van der Waals surface area contributed by atoms with E-state index in [0.717, 1.165) is 35.4 Å². The highest BCUT2D eigenvalue weighted by Crippen LogP contribution is 2.37.